The van der Waals surface area contributed by atoms with Crippen LogP contribution in [-0.2, 0) is 14.4 Å². The summed E-state index contributed by atoms with van der Waals surface area (Å²) in [5.74, 6) is -0.417. The quantitative estimate of drug-likeness (QED) is 0.660. The van der Waals surface area contributed by atoms with Gasteiger partial charge in [-0.25, -0.2) is 0 Å². The molecule has 0 heterocycles. The van der Waals surface area contributed by atoms with Gasteiger partial charge in [0.1, 0.15) is 0 Å². The van der Waals surface area contributed by atoms with Crippen LogP contribution in [-0.4, -0.2) is 42.3 Å². The molecule has 3 amide bonds. The monoisotopic (exact) mass is 375 g/mol. The van der Waals surface area contributed by atoms with Gasteiger partial charge in [0, 0.05) is 18.2 Å². The predicted molar refractivity (Wildman–Crippen MR) is 108 cm³/mol. The standard InChI is InChI=1S/C21H33N3O3/c1-6-17(7-2)21(27)24(13-15(3)4)14-20(26)22-12-19(25)23-18-10-8-9-16(5)11-18/h8-11,15,17H,6-7,12-14H2,1-5H3,(H,22,26)(H,23,25). The molecule has 0 saturated carbocycles. The summed E-state index contributed by atoms with van der Waals surface area (Å²) in [5.41, 5.74) is 1.74. The highest BCUT2D eigenvalue weighted by Crippen LogP contribution is 2.13. The second kappa shape index (κ2) is 11.4. The van der Waals surface area contributed by atoms with Crippen LogP contribution in [0.5, 0.6) is 0 Å². The molecule has 0 radical (unpaired) electrons. The third-order valence-corrected chi connectivity index (χ3v) is 4.31. The summed E-state index contributed by atoms with van der Waals surface area (Å²) < 4.78 is 0. The Morgan fingerprint density at radius 2 is 1.74 bits per heavy atom. The van der Waals surface area contributed by atoms with Crippen molar-refractivity contribution in [1.82, 2.24) is 10.2 Å². The average molecular weight is 376 g/mol. The third kappa shape index (κ3) is 8.24. The van der Waals surface area contributed by atoms with Gasteiger partial charge >= 0.3 is 0 Å². The van der Waals surface area contributed by atoms with Crippen LogP contribution in [0.1, 0.15) is 46.1 Å². The van der Waals surface area contributed by atoms with Gasteiger partial charge in [0.15, 0.2) is 0 Å². The van der Waals surface area contributed by atoms with Crippen LogP contribution in [0, 0.1) is 18.8 Å². The third-order valence-electron chi connectivity index (χ3n) is 4.31. The summed E-state index contributed by atoms with van der Waals surface area (Å²) in [7, 11) is 0. The molecule has 0 aliphatic heterocycles. The molecule has 0 aliphatic carbocycles. The van der Waals surface area contributed by atoms with Crippen molar-refractivity contribution in [2.24, 2.45) is 11.8 Å². The van der Waals surface area contributed by atoms with E-state index < -0.39 is 0 Å². The maximum Gasteiger partial charge on any atom is 0.243 e. The van der Waals surface area contributed by atoms with E-state index in [1.165, 1.54) is 0 Å². The number of nitrogens with zero attached hydrogens (tertiary/aromatic N) is 1. The van der Waals surface area contributed by atoms with Crippen LogP contribution in [0.4, 0.5) is 5.69 Å². The minimum absolute atomic E-state index is 0.00747. The van der Waals surface area contributed by atoms with Gasteiger partial charge in [0.25, 0.3) is 0 Å². The summed E-state index contributed by atoms with van der Waals surface area (Å²) >= 11 is 0. The van der Waals surface area contributed by atoms with E-state index in [0.29, 0.717) is 12.2 Å². The Morgan fingerprint density at radius 3 is 2.30 bits per heavy atom. The number of hydrogen-bond acceptors (Lipinski definition) is 3. The predicted octanol–water partition coefficient (Wildman–Crippen LogP) is 2.97. The van der Waals surface area contributed by atoms with Gasteiger partial charge in [-0.3, -0.25) is 14.4 Å². The zero-order valence-corrected chi connectivity index (χ0v) is 17.2. The van der Waals surface area contributed by atoms with Crippen molar-refractivity contribution in [3.63, 3.8) is 0 Å². The van der Waals surface area contributed by atoms with Crippen molar-refractivity contribution in [2.75, 3.05) is 25.0 Å². The first-order chi connectivity index (χ1) is 12.8. The molecule has 150 valence electrons. The fraction of sp³-hybridized carbons (Fsp3) is 0.571. The molecule has 0 aromatic heterocycles. The van der Waals surface area contributed by atoms with E-state index in [9.17, 15) is 14.4 Å². The van der Waals surface area contributed by atoms with Crippen molar-refractivity contribution in [2.45, 2.75) is 47.5 Å². The second-order valence-corrected chi connectivity index (χ2v) is 7.32. The van der Waals surface area contributed by atoms with E-state index in [4.69, 9.17) is 0 Å². The van der Waals surface area contributed by atoms with Crippen LogP contribution in [0.2, 0.25) is 0 Å². The van der Waals surface area contributed by atoms with Gasteiger partial charge in [-0.05, 0) is 43.4 Å². The lowest BCUT2D eigenvalue weighted by Crippen LogP contribution is -2.46. The summed E-state index contributed by atoms with van der Waals surface area (Å²) in [4.78, 5) is 38.5. The molecule has 0 saturated heterocycles. The Kier molecular flexibility index (Phi) is 9.54. The van der Waals surface area contributed by atoms with Crippen LogP contribution < -0.4 is 10.6 Å². The molecule has 6 heteroatoms. The fourth-order valence-electron chi connectivity index (χ4n) is 2.91. The Morgan fingerprint density at radius 1 is 1.07 bits per heavy atom. The molecule has 1 aromatic carbocycles. The lowest BCUT2D eigenvalue weighted by Gasteiger charge is -2.27. The number of hydrogen-bond donors (Lipinski definition) is 2. The van der Waals surface area contributed by atoms with Crippen molar-refractivity contribution in [3.05, 3.63) is 29.8 Å². The maximum atomic E-state index is 12.7. The van der Waals surface area contributed by atoms with E-state index >= 15 is 0 Å². The van der Waals surface area contributed by atoms with Crippen LogP contribution in [0.15, 0.2) is 24.3 Å². The normalized spacial score (nSPS) is 10.8. The molecule has 0 unspecified atom stereocenters. The molecule has 0 aliphatic rings. The number of benzene rings is 1. The molecular formula is C21H33N3O3. The number of carbonyl (C=O) groups excluding carboxylic acids is 3. The summed E-state index contributed by atoms with van der Waals surface area (Å²) in [6.07, 6.45) is 1.51. The first kappa shape index (κ1) is 22.7. The number of anilines is 1. The van der Waals surface area contributed by atoms with Gasteiger partial charge < -0.3 is 15.5 Å². The fourth-order valence-corrected chi connectivity index (χ4v) is 2.91. The Hall–Kier alpha value is -2.37. The SMILES string of the molecule is CCC(CC)C(=O)N(CC(=O)NCC(=O)Nc1cccc(C)c1)CC(C)C. The molecule has 0 fully saturated rings. The number of nitrogens with one attached hydrogen (secondary N) is 2. The minimum atomic E-state index is -0.325. The largest absolute Gasteiger partial charge is 0.345 e. The van der Waals surface area contributed by atoms with E-state index in [-0.39, 0.29) is 42.6 Å². The Balaban J connectivity index is 2.57. The van der Waals surface area contributed by atoms with Crippen molar-refractivity contribution in [1.29, 1.82) is 0 Å². The van der Waals surface area contributed by atoms with E-state index in [1.807, 2.05) is 52.8 Å². The van der Waals surface area contributed by atoms with E-state index in [0.717, 1.165) is 18.4 Å². The Bertz CT molecular complexity index is 639. The van der Waals surface area contributed by atoms with Crippen molar-refractivity contribution in [3.8, 4) is 0 Å². The summed E-state index contributed by atoms with van der Waals surface area (Å²) in [6.45, 7) is 10.3. The second-order valence-electron chi connectivity index (χ2n) is 7.32. The molecule has 6 nitrogen and oxygen atoms in total. The highest BCUT2D eigenvalue weighted by atomic mass is 16.2. The number of carbonyl (C=O) groups is 3. The van der Waals surface area contributed by atoms with Gasteiger partial charge in [-0.2, -0.15) is 0 Å². The smallest absolute Gasteiger partial charge is 0.243 e. The molecular weight excluding hydrogens is 342 g/mol. The average Bonchev–Trinajstić information content (AvgIpc) is 2.60. The molecule has 0 spiro atoms. The minimum Gasteiger partial charge on any atom is -0.345 e. The maximum absolute atomic E-state index is 12.7. The van der Waals surface area contributed by atoms with E-state index in [1.54, 1.807) is 11.0 Å². The molecule has 0 atom stereocenters. The van der Waals surface area contributed by atoms with Crippen LogP contribution in [0.3, 0.4) is 0 Å². The number of aryl methyl sites for hydroxylation is 1. The zero-order chi connectivity index (χ0) is 20.4. The topological polar surface area (TPSA) is 78.5 Å². The summed E-state index contributed by atoms with van der Waals surface area (Å²) in [6, 6.07) is 7.46. The van der Waals surface area contributed by atoms with Crippen molar-refractivity contribution >= 4 is 23.4 Å². The molecule has 2 N–H and O–H groups in total. The number of rotatable bonds is 10. The lowest BCUT2D eigenvalue weighted by atomic mass is 10.0. The van der Waals surface area contributed by atoms with E-state index in [2.05, 4.69) is 10.6 Å². The van der Waals surface area contributed by atoms with Gasteiger partial charge in [-0.1, -0.05) is 39.8 Å². The van der Waals surface area contributed by atoms with Crippen LogP contribution >= 0.6 is 0 Å². The highest BCUT2D eigenvalue weighted by Gasteiger charge is 2.24. The number of amides is 3. The van der Waals surface area contributed by atoms with Crippen molar-refractivity contribution < 1.29 is 14.4 Å². The molecule has 0 bridgehead atoms. The van der Waals surface area contributed by atoms with Gasteiger partial charge in [0.05, 0.1) is 13.1 Å². The molecule has 1 aromatic rings. The van der Waals surface area contributed by atoms with Gasteiger partial charge in [-0.15, -0.1) is 0 Å². The first-order valence-electron chi connectivity index (χ1n) is 9.68. The zero-order valence-electron chi connectivity index (χ0n) is 17.2. The molecule has 27 heavy (non-hydrogen) atoms. The van der Waals surface area contributed by atoms with Gasteiger partial charge in [0.2, 0.25) is 17.7 Å². The van der Waals surface area contributed by atoms with Crippen LogP contribution in [0.25, 0.3) is 0 Å². The highest BCUT2D eigenvalue weighted by molar-refractivity contribution is 5.95. The first-order valence-corrected chi connectivity index (χ1v) is 9.68. The lowest BCUT2D eigenvalue weighted by molar-refractivity contribution is -0.140. The Labute approximate surface area is 162 Å². The molecule has 1 rings (SSSR count). The summed E-state index contributed by atoms with van der Waals surface area (Å²) in [5, 5.41) is 5.35.